The molecular weight excluding hydrogens is 223 g/mol. The number of nitrogen functional groups attached to an aromatic ring is 1. The van der Waals surface area contributed by atoms with Crippen molar-refractivity contribution >= 4 is 5.84 Å². The summed E-state index contributed by atoms with van der Waals surface area (Å²) >= 11 is 0. The number of aromatic nitrogens is 2. The second kappa shape index (κ2) is 4.56. The molecule has 1 heterocycles. The molecule has 0 unspecified atom stereocenters. The van der Waals surface area contributed by atoms with E-state index in [1.807, 2.05) is 0 Å². The van der Waals surface area contributed by atoms with Crippen LogP contribution in [-0.4, -0.2) is 16.0 Å². The number of halogens is 1. The van der Waals surface area contributed by atoms with Crippen molar-refractivity contribution in [2.24, 2.45) is 5.73 Å². The zero-order valence-electron chi connectivity index (χ0n) is 8.72. The molecule has 17 heavy (non-hydrogen) atoms. The normalized spacial score (nSPS) is 9.94. The smallest absolute Gasteiger partial charge is 0.249 e. The second-order valence-electron chi connectivity index (χ2n) is 3.22. The highest BCUT2D eigenvalue weighted by atomic mass is 19.1. The lowest BCUT2D eigenvalue weighted by Gasteiger charge is -2.07. The fraction of sp³-hybridized carbons (Fsp3) is 0. The van der Waals surface area contributed by atoms with Crippen molar-refractivity contribution in [3.05, 3.63) is 47.9 Å². The maximum atomic E-state index is 12.7. The molecule has 2 aromatic rings. The molecule has 1 aromatic heterocycles. The van der Waals surface area contributed by atoms with Crippen LogP contribution in [0.25, 0.3) is 0 Å². The average Bonchev–Trinajstić information content (AvgIpc) is 2.32. The van der Waals surface area contributed by atoms with Crippen LogP contribution in [-0.2, 0) is 0 Å². The summed E-state index contributed by atoms with van der Waals surface area (Å²) in [5, 5.41) is 14.7. The Morgan fingerprint density at radius 1 is 1.24 bits per heavy atom. The van der Waals surface area contributed by atoms with Gasteiger partial charge in [0.1, 0.15) is 17.4 Å². The van der Waals surface area contributed by atoms with Crippen molar-refractivity contribution in [2.75, 3.05) is 0 Å². The average molecular weight is 232 g/mol. The van der Waals surface area contributed by atoms with Crippen LogP contribution in [0.1, 0.15) is 5.56 Å². The van der Waals surface area contributed by atoms with Crippen molar-refractivity contribution < 1.29 is 9.13 Å². The van der Waals surface area contributed by atoms with Crippen LogP contribution >= 0.6 is 0 Å². The van der Waals surface area contributed by atoms with Crippen LogP contribution in [0.5, 0.6) is 11.6 Å². The highest BCUT2D eigenvalue weighted by Crippen LogP contribution is 2.21. The Morgan fingerprint density at radius 2 is 1.94 bits per heavy atom. The minimum absolute atomic E-state index is 0.117. The molecule has 1 aromatic carbocycles. The van der Waals surface area contributed by atoms with Crippen molar-refractivity contribution in [2.45, 2.75) is 0 Å². The Labute approximate surface area is 96.6 Å². The largest absolute Gasteiger partial charge is 0.437 e. The SMILES string of the molecule is N=C(N)c1ccnnc1Oc1ccc(F)cc1. The van der Waals surface area contributed by atoms with Gasteiger partial charge < -0.3 is 10.5 Å². The molecule has 0 bridgehead atoms. The Morgan fingerprint density at radius 3 is 2.59 bits per heavy atom. The van der Waals surface area contributed by atoms with Gasteiger partial charge in [0.2, 0.25) is 5.88 Å². The summed E-state index contributed by atoms with van der Waals surface area (Å²) < 4.78 is 18.1. The minimum atomic E-state index is -0.358. The first-order chi connectivity index (χ1) is 8.16. The Bertz CT molecular complexity index is 541. The number of benzene rings is 1. The molecule has 0 atom stereocenters. The molecule has 3 N–H and O–H groups in total. The predicted molar refractivity (Wildman–Crippen MR) is 59.5 cm³/mol. The molecule has 86 valence electrons. The number of ether oxygens (including phenoxy) is 1. The first kappa shape index (κ1) is 11.0. The quantitative estimate of drug-likeness (QED) is 0.623. The lowest BCUT2D eigenvalue weighted by atomic mass is 10.3. The molecule has 0 radical (unpaired) electrons. The molecule has 0 saturated carbocycles. The number of hydrogen-bond acceptors (Lipinski definition) is 4. The topological polar surface area (TPSA) is 84.9 Å². The fourth-order valence-electron chi connectivity index (χ4n) is 1.21. The maximum Gasteiger partial charge on any atom is 0.249 e. The highest BCUT2D eigenvalue weighted by molar-refractivity contribution is 5.96. The highest BCUT2D eigenvalue weighted by Gasteiger charge is 2.09. The lowest BCUT2D eigenvalue weighted by Crippen LogP contribution is -2.13. The number of nitrogens with two attached hydrogens (primary N) is 1. The number of rotatable bonds is 3. The molecule has 2 rings (SSSR count). The van der Waals surface area contributed by atoms with E-state index in [2.05, 4.69) is 10.2 Å². The van der Waals surface area contributed by atoms with Crippen LogP contribution in [0.15, 0.2) is 36.5 Å². The number of nitrogens with zero attached hydrogens (tertiary/aromatic N) is 2. The molecule has 6 heteroatoms. The minimum Gasteiger partial charge on any atom is -0.437 e. The summed E-state index contributed by atoms with van der Waals surface area (Å²) in [6.07, 6.45) is 1.41. The Kier molecular flexibility index (Phi) is 2.95. The predicted octanol–water partition coefficient (Wildman–Crippen LogP) is 1.69. The van der Waals surface area contributed by atoms with E-state index in [4.69, 9.17) is 15.9 Å². The van der Waals surface area contributed by atoms with Gasteiger partial charge in [-0.2, -0.15) is 5.10 Å². The number of amidine groups is 1. The van der Waals surface area contributed by atoms with Gasteiger partial charge in [-0.25, -0.2) is 4.39 Å². The first-order valence-corrected chi connectivity index (χ1v) is 4.76. The number of nitrogens with one attached hydrogen (secondary N) is 1. The van der Waals surface area contributed by atoms with Gasteiger partial charge in [0.15, 0.2) is 0 Å². The molecular formula is C11H9FN4O. The summed E-state index contributed by atoms with van der Waals surface area (Å²) in [7, 11) is 0. The molecule has 0 amide bonds. The van der Waals surface area contributed by atoms with E-state index in [0.717, 1.165) is 0 Å². The number of hydrogen-bond donors (Lipinski definition) is 2. The van der Waals surface area contributed by atoms with E-state index in [0.29, 0.717) is 11.3 Å². The summed E-state index contributed by atoms with van der Waals surface area (Å²) in [4.78, 5) is 0. The van der Waals surface area contributed by atoms with E-state index in [9.17, 15) is 4.39 Å². The molecule has 0 spiro atoms. The van der Waals surface area contributed by atoms with Gasteiger partial charge in [-0.15, -0.1) is 5.10 Å². The van der Waals surface area contributed by atoms with Gasteiger partial charge in [-0.3, -0.25) is 5.41 Å². The molecule has 0 fully saturated rings. The van der Waals surface area contributed by atoms with Crippen LogP contribution in [0.2, 0.25) is 0 Å². The first-order valence-electron chi connectivity index (χ1n) is 4.76. The van der Waals surface area contributed by atoms with E-state index < -0.39 is 0 Å². The van der Waals surface area contributed by atoms with Crippen LogP contribution in [0.4, 0.5) is 4.39 Å². The van der Waals surface area contributed by atoms with E-state index >= 15 is 0 Å². The van der Waals surface area contributed by atoms with Gasteiger partial charge >= 0.3 is 0 Å². The third-order valence-corrected chi connectivity index (χ3v) is 2.01. The van der Waals surface area contributed by atoms with Gasteiger partial charge in [0.05, 0.1) is 11.8 Å². The van der Waals surface area contributed by atoms with Gasteiger partial charge in [-0.05, 0) is 30.3 Å². The summed E-state index contributed by atoms with van der Waals surface area (Å²) in [5.74, 6) is -0.0127. The Balaban J connectivity index is 2.30. The monoisotopic (exact) mass is 232 g/mol. The molecule has 0 aliphatic carbocycles. The zero-order valence-corrected chi connectivity index (χ0v) is 8.72. The van der Waals surface area contributed by atoms with Crippen molar-refractivity contribution in [3.8, 4) is 11.6 Å². The third kappa shape index (κ3) is 2.54. The van der Waals surface area contributed by atoms with E-state index in [-0.39, 0.29) is 17.5 Å². The van der Waals surface area contributed by atoms with Crippen molar-refractivity contribution in [1.82, 2.24) is 10.2 Å². The molecule has 0 aliphatic rings. The maximum absolute atomic E-state index is 12.7. The fourth-order valence-corrected chi connectivity index (χ4v) is 1.21. The summed E-state index contributed by atoms with van der Waals surface area (Å²) in [6, 6.07) is 6.95. The summed E-state index contributed by atoms with van der Waals surface area (Å²) in [6.45, 7) is 0. The Hall–Kier alpha value is -2.50. The molecule has 0 saturated heterocycles. The second-order valence-corrected chi connectivity index (χ2v) is 3.22. The van der Waals surface area contributed by atoms with E-state index in [1.165, 1.54) is 36.5 Å². The van der Waals surface area contributed by atoms with Crippen LogP contribution in [0, 0.1) is 11.2 Å². The van der Waals surface area contributed by atoms with Gasteiger partial charge in [0.25, 0.3) is 0 Å². The standard InChI is InChI=1S/C11H9FN4O/c12-7-1-3-8(4-2-7)17-11-9(10(13)14)5-6-15-16-11/h1-6H,(H3,13,14). The molecule has 5 nitrogen and oxygen atoms in total. The zero-order chi connectivity index (χ0) is 12.3. The van der Waals surface area contributed by atoms with Gasteiger partial charge in [-0.1, -0.05) is 0 Å². The van der Waals surface area contributed by atoms with Crippen LogP contribution < -0.4 is 10.5 Å². The van der Waals surface area contributed by atoms with Gasteiger partial charge in [0, 0.05) is 0 Å². The van der Waals surface area contributed by atoms with Crippen LogP contribution in [0.3, 0.4) is 0 Å². The van der Waals surface area contributed by atoms with Crippen molar-refractivity contribution in [3.63, 3.8) is 0 Å². The third-order valence-electron chi connectivity index (χ3n) is 2.01. The van der Waals surface area contributed by atoms with Crippen molar-refractivity contribution in [1.29, 1.82) is 5.41 Å². The van der Waals surface area contributed by atoms with E-state index in [1.54, 1.807) is 0 Å². The molecule has 0 aliphatic heterocycles. The summed E-state index contributed by atoms with van der Waals surface area (Å²) in [5.41, 5.74) is 5.71. The lowest BCUT2D eigenvalue weighted by molar-refractivity contribution is 0.452.